The largest absolute Gasteiger partial charge is 0.493 e. The monoisotopic (exact) mass is 439 g/mol. The Hall–Kier alpha value is -2.78. The fourth-order valence-corrected chi connectivity index (χ4v) is 3.43. The Kier molecular flexibility index (Phi) is 6.37. The van der Waals surface area contributed by atoms with Crippen LogP contribution in [0, 0.1) is 18.3 Å². The van der Waals surface area contributed by atoms with Gasteiger partial charge in [-0.15, -0.1) is 0 Å². The van der Waals surface area contributed by atoms with E-state index in [0.717, 1.165) is 39.5 Å². The molecule has 1 heterocycles. The first-order chi connectivity index (χ1) is 13.5. The minimum absolute atomic E-state index is 0.447. The van der Waals surface area contributed by atoms with Crippen molar-refractivity contribution in [2.45, 2.75) is 26.7 Å². The van der Waals surface area contributed by atoms with Gasteiger partial charge in [0.05, 0.1) is 34.8 Å². The number of aromatic amines is 1. The fourth-order valence-electron chi connectivity index (χ4n) is 2.85. The van der Waals surface area contributed by atoms with Gasteiger partial charge in [0.2, 0.25) is 0 Å². The van der Waals surface area contributed by atoms with Gasteiger partial charge in [-0.1, -0.05) is 19.4 Å². The Morgan fingerprint density at radius 3 is 2.86 bits per heavy atom. The molecule has 1 aromatic heterocycles. The molecule has 144 valence electrons. The first-order valence-electron chi connectivity index (χ1n) is 9.14. The van der Waals surface area contributed by atoms with Crippen molar-refractivity contribution in [3.05, 3.63) is 51.8 Å². The third-order valence-electron chi connectivity index (χ3n) is 4.32. The standard InChI is InChI=1S/C22H22BrN3O2/c1-4-5-8-28-21-17(23)11-15(12-20(21)27-3)10-16(13-24)22-25-18-7-6-14(2)9-19(18)26-22/h6-7,9-12H,4-5,8H2,1-3H3,(H,25,26)/b16-10-. The van der Waals surface area contributed by atoms with Crippen LogP contribution in [0.4, 0.5) is 0 Å². The highest BCUT2D eigenvalue weighted by atomic mass is 79.9. The van der Waals surface area contributed by atoms with Gasteiger partial charge in [0.15, 0.2) is 11.5 Å². The lowest BCUT2D eigenvalue weighted by Crippen LogP contribution is -2.00. The molecule has 5 nitrogen and oxygen atoms in total. The second-order valence-corrected chi connectivity index (χ2v) is 7.37. The molecule has 0 atom stereocenters. The lowest BCUT2D eigenvalue weighted by molar-refractivity contribution is 0.286. The maximum Gasteiger partial charge on any atom is 0.175 e. The predicted molar refractivity (Wildman–Crippen MR) is 115 cm³/mol. The number of aryl methyl sites for hydroxylation is 1. The Morgan fingerprint density at radius 2 is 2.14 bits per heavy atom. The third-order valence-corrected chi connectivity index (χ3v) is 4.91. The molecule has 0 spiro atoms. The fraction of sp³-hybridized carbons (Fsp3) is 0.273. The number of hydrogen-bond donors (Lipinski definition) is 1. The number of ether oxygens (including phenoxy) is 2. The highest BCUT2D eigenvalue weighted by Gasteiger charge is 2.13. The van der Waals surface area contributed by atoms with Gasteiger partial charge in [0, 0.05) is 0 Å². The summed E-state index contributed by atoms with van der Waals surface area (Å²) in [6.45, 7) is 4.77. The molecule has 3 rings (SSSR count). The zero-order valence-corrected chi connectivity index (χ0v) is 17.8. The van der Waals surface area contributed by atoms with Crippen molar-refractivity contribution in [1.82, 2.24) is 9.97 Å². The number of imidazole rings is 1. The number of H-pyrrole nitrogens is 1. The summed E-state index contributed by atoms with van der Waals surface area (Å²) >= 11 is 3.55. The van der Waals surface area contributed by atoms with Crippen LogP contribution in [0.25, 0.3) is 22.7 Å². The summed E-state index contributed by atoms with van der Waals surface area (Å²) < 4.78 is 12.1. The number of nitriles is 1. The number of unbranched alkanes of at least 4 members (excludes halogenated alkanes) is 1. The van der Waals surface area contributed by atoms with Crippen LogP contribution >= 0.6 is 15.9 Å². The Labute approximate surface area is 173 Å². The van der Waals surface area contributed by atoms with Gasteiger partial charge >= 0.3 is 0 Å². The molecule has 0 bridgehead atoms. The number of halogens is 1. The highest BCUT2D eigenvalue weighted by molar-refractivity contribution is 9.10. The summed E-state index contributed by atoms with van der Waals surface area (Å²) in [7, 11) is 1.61. The Balaban J connectivity index is 1.97. The summed E-state index contributed by atoms with van der Waals surface area (Å²) in [6, 6.07) is 12.0. The van der Waals surface area contributed by atoms with Crippen molar-refractivity contribution in [3.63, 3.8) is 0 Å². The van der Waals surface area contributed by atoms with Crippen molar-refractivity contribution in [3.8, 4) is 17.6 Å². The van der Waals surface area contributed by atoms with Crippen molar-refractivity contribution < 1.29 is 9.47 Å². The number of nitrogens with one attached hydrogen (secondary N) is 1. The molecule has 3 aromatic rings. The summed E-state index contributed by atoms with van der Waals surface area (Å²) in [5.74, 6) is 1.83. The highest BCUT2D eigenvalue weighted by Crippen LogP contribution is 2.37. The van der Waals surface area contributed by atoms with Crippen LogP contribution < -0.4 is 9.47 Å². The number of nitrogens with zero attached hydrogens (tertiary/aromatic N) is 2. The van der Waals surface area contributed by atoms with Crippen molar-refractivity contribution in [2.75, 3.05) is 13.7 Å². The second-order valence-electron chi connectivity index (χ2n) is 6.51. The lowest BCUT2D eigenvalue weighted by atomic mass is 10.1. The van der Waals surface area contributed by atoms with Crippen LogP contribution in [0.3, 0.4) is 0 Å². The summed E-state index contributed by atoms with van der Waals surface area (Å²) in [5, 5.41) is 9.67. The molecule has 0 saturated heterocycles. The molecule has 1 N–H and O–H groups in total. The summed E-state index contributed by atoms with van der Waals surface area (Å²) in [4.78, 5) is 7.77. The summed E-state index contributed by atoms with van der Waals surface area (Å²) in [6.07, 6.45) is 3.82. The molecule has 28 heavy (non-hydrogen) atoms. The van der Waals surface area contributed by atoms with E-state index in [9.17, 15) is 5.26 Å². The van der Waals surface area contributed by atoms with E-state index in [-0.39, 0.29) is 0 Å². The van der Waals surface area contributed by atoms with Crippen LogP contribution in [-0.2, 0) is 0 Å². The van der Waals surface area contributed by atoms with Crippen LogP contribution in [-0.4, -0.2) is 23.7 Å². The van der Waals surface area contributed by atoms with Gasteiger partial charge in [0.25, 0.3) is 0 Å². The van der Waals surface area contributed by atoms with Crippen LogP contribution in [0.5, 0.6) is 11.5 Å². The van der Waals surface area contributed by atoms with Gasteiger partial charge in [-0.2, -0.15) is 5.26 Å². The zero-order valence-electron chi connectivity index (χ0n) is 16.2. The quantitative estimate of drug-likeness (QED) is 0.368. The molecule has 0 radical (unpaired) electrons. The van der Waals surface area contributed by atoms with Crippen LogP contribution in [0.15, 0.2) is 34.8 Å². The number of methoxy groups -OCH3 is 1. The summed E-state index contributed by atoms with van der Waals surface area (Å²) in [5.41, 5.74) is 4.15. The Bertz CT molecular complexity index is 1060. The number of hydrogen-bond acceptors (Lipinski definition) is 4. The SMILES string of the molecule is CCCCOc1c(Br)cc(/C=C(/C#N)c2nc3ccc(C)cc3[nH]2)cc1OC. The van der Waals surface area contributed by atoms with Crippen LogP contribution in [0.1, 0.15) is 36.7 Å². The lowest BCUT2D eigenvalue weighted by Gasteiger charge is -2.13. The van der Waals surface area contributed by atoms with Gasteiger partial charge < -0.3 is 14.5 Å². The molecular weight excluding hydrogens is 418 g/mol. The molecule has 0 aliphatic carbocycles. The maximum atomic E-state index is 9.67. The average Bonchev–Trinajstić information content (AvgIpc) is 3.10. The predicted octanol–water partition coefficient (Wildman–Crippen LogP) is 5.89. The minimum atomic E-state index is 0.447. The van der Waals surface area contributed by atoms with E-state index in [1.54, 1.807) is 13.2 Å². The first-order valence-corrected chi connectivity index (χ1v) is 9.94. The zero-order chi connectivity index (χ0) is 20.1. The third kappa shape index (κ3) is 4.37. The number of aromatic nitrogens is 2. The van der Waals surface area contributed by atoms with E-state index in [4.69, 9.17) is 9.47 Å². The molecule has 0 saturated carbocycles. The molecule has 6 heteroatoms. The first kappa shape index (κ1) is 20.0. The van der Waals surface area contributed by atoms with E-state index in [1.807, 2.05) is 37.3 Å². The topological polar surface area (TPSA) is 70.9 Å². The molecule has 0 amide bonds. The maximum absolute atomic E-state index is 9.67. The molecule has 0 fully saturated rings. The number of benzene rings is 2. The molecule has 2 aromatic carbocycles. The van der Waals surface area contributed by atoms with E-state index < -0.39 is 0 Å². The van der Waals surface area contributed by atoms with E-state index >= 15 is 0 Å². The van der Waals surface area contributed by atoms with Gasteiger partial charge in [0.1, 0.15) is 11.9 Å². The van der Waals surface area contributed by atoms with E-state index in [1.165, 1.54) is 0 Å². The molecule has 0 unspecified atom stereocenters. The smallest absolute Gasteiger partial charge is 0.175 e. The van der Waals surface area contributed by atoms with Crippen LogP contribution in [0.2, 0.25) is 0 Å². The average molecular weight is 440 g/mol. The van der Waals surface area contributed by atoms with Gasteiger partial charge in [-0.05, 0) is 70.7 Å². The second kappa shape index (κ2) is 8.94. The number of allylic oxidation sites excluding steroid dienone is 1. The van der Waals surface area contributed by atoms with Crippen molar-refractivity contribution >= 4 is 38.6 Å². The van der Waals surface area contributed by atoms with Crippen molar-refractivity contribution in [2.24, 2.45) is 0 Å². The minimum Gasteiger partial charge on any atom is -0.493 e. The van der Waals surface area contributed by atoms with Gasteiger partial charge in [-0.25, -0.2) is 4.98 Å². The van der Waals surface area contributed by atoms with Gasteiger partial charge in [-0.3, -0.25) is 0 Å². The van der Waals surface area contributed by atoms with E-state index in [0.29, 0.717) is 29.5 Å². The molecule has 0 aliphatic rings. The molecular formula is C22H22BrN3O2. The van der Waals surface area contributed by atoms with Crippen molar-refractivity contribution in [1.29, 1.82) is 5.26 Å². The number of rotatable bonds is 7. The number of fused-ring (bicyclic) bond motifs is 1. The Morgan fingerprint density at radius 1 is 1.32 bits per heavy atom. The molecule has 0 aliphatic heterocycles. The van der Waals surface area contributed by atoms with E-state index in [2.05, 4.69) is 38.9 Å². The normalized spacial score (nSPS) is 11.5.